The quantitative estimate of drug-likeness (QED) is 0.636. The van der Waals surface area contributed by atoms with Gasteiger partial charge in [0.2, 0.25) is 0 Å². The Morgan fingerprint density at radius 3 is 2.65 bits per heavy atom. The van der Waals surface area contributed by atoms with E-state index in [2.05, 4.69) is 36.7 Å². The number of nitrogens with two attached hydrogens (primary N) is 1. The normalized spacial score (nSPS) is 25.2. The molecule has 0 amide bonds. The van der Waals surface area contributed by atoms with Gasteiger partial charge in [-0.1, -0.05) is 20.8 Å². The van der Waals surface area contributed by atoms with E-state index in [1.54, 1.807) is 0 Å². The highest BCUT2D eigenvalue weighted by Crippen LogP contribution is 2.40. The minimum atomic E-state index is 0.0738. The number of hydrogen-bond acceptors (Lipinski definition) is 2. The molecule has 2 rings (SSSR count). The van der Waals surface area contributed by atoms with Gasteiger partial charge in [-0.2, -0.15) is 0 Å². The van der Waals surface area contributed by atoms with Crippen molar-refractivity contribution in [3.05, 3.63) is 28.2 Å². The van der Waals surface area contributed by atoms with Crippen LogP contribution in [-0.4, -0.2) is 11.9 Å². The number of hydrogen-bond donors (Lipinski definition) is 2. The molecule has 0 saturated heterocycles. The highest BCUT2D eigenvalue weighted by atomic mass is 79.9. The first-order chi connectivity index (χ1) is 9.27. The molecule has 0 spiro atoms. The van der Waals surface area contributed by atoms with Crippen LogP contribution in [0.15, 0.2) is 22.7 Å². The van der Waals surface area contributed by atoms with Crippen molar-refractivity contribution < 1.29 is 4.74 Å². The van der Waals surface area contributed by atoms with E-state index in [1.807, 2.05) is 18.2 Å². The first-order valence-electron chi connectivity index (χ1n) is 7.07. The summed E-state index contributed by atoms with van der Waals surface area (Å²) in [4.78, 5) is 0. The lowest BCUT2D eigenvalue weighted by Crippen LogP contribution is -2.34. The number of nitrogens with one attached hydrogen (secondary N) is 1. The zero-order valence-electron chi connectivity index (χ0n) is 12.4. The van der Waals surface area contributed by atoms with Crippen LogP contribution < -0.4 is 10.5 Å². The maximum Gasteiger partial charge on any atom is 0.133 e. The summed E-state index contributed by atoms with van der Waals surface area (Å²) in [5.41, 5.74) is 6.54. The summed E-state index contributed by atoms with van der Waals surface area (Å²) in [7, 11) is 0. The van der Waals surface area contributed by atoms with Crippen molar-refractivity contribution in [3.63, 3.8) is 0 Å². The van der Waals surface area contributed by atoms with Crippen LogP contribution >= 0.6 is 15.9 Å². The molecule has 4 heteroatoms. The maximum atomic E-state index is 7.45. The minimum absolute atomic E-state index is 0.0738. The van der Waals surface area contributed by atoms with E-state index < -0.39 is 0 Å². The number of halogens is 1. The maximum absolute atomic E-state index is 7.45. The van der Waals surface area contributed by atoms with Crippen molar-refractivity contribution >= 4 is 21.8 Å². The van der Waals surface area contributed by atoms with Gasteiger partial charge in [0.1, 0.15) is 11.6 Å². The molecule has 110 valence electrons. The molecule has 0 bridgehead atoms. The molecule has 1 aliphatic rings. The van der Waals surface area contributed by atoms with E-state index in [4.69, 9.17) is 15.9 Å². The molecule has 1 fully saturated rings. The van der Waals surface area contributed by atoms with E-state index in [0.717, 1.165) is 23.1 Å². The van der Waals surface area contributed by atoms with Gasteiger partial charge in [0.25, 0.3) is 0 Å². The summed E-state index contributed by atoms with van der Waals surface area (Å²) in [6.07, 6.45) is 3.70. The van der Waals surface area contributed by atoms with E-state index in [0.29, 0.717) is 16.9 Å². The van der Waals surface area contributed by atoms with Crippen molar-refractivity contribution in [1.29, 1.82) is 5.41 Å². The van der Waals surface area contributed by atoms with Crippen molar-refractivity contribution in [2.45, 2.75) is 46.1 Å². The third-order valence-electron chi connectivity index (χ3n) is 3.88. The number of ether oxygens (including phenoxy) is 1. The molecule has 0 radical (unpaired) electrons. The van der Waals surface area contributed by atoms with Crippen LogP contribution in [0.3, 0.4) is 0 Å². The van der Waals surface area contributed by atoms with Crippen LogP contribution in [0.2, 0.25) is 0 Å². The van der Waals surface area contributed by atoms with Crippen LogP contribution in [0.25, 0.3) is 0 Å². The summed E-state index contributed by atoms with van der Waals surface area (Å²) in [6.45, 7) is 6.92. The smallest absolute Gasteiger partial charge is 0.133 e. The molecule has 1 aromatic rings. The summed E-state index contributed by atoms with van der Waals surface area (Å²) >= 11 is 3.51. The van der Waals surface area contributed by atoms with Crippen LogP contribution in [0.4, 0.5) is 0 Å². The Bertz CT molecular complexity index is 513. The van der Waals surface area contributed by atoms with Gasteiger partial charge < -0.3 is 10.5 Å². The Hall–Kier alpha value is -1.03. The Balaban J connectivity index is 2.12. The van der Waals surface area contributed by atoms with Crippen LogP contribution in [0.5, 0.6) is 5.75 Å². The van der Waals surface area contributed by atoms with Crippen molar-refractivity contribution in [3.8, 4) is 5.75 Å². The van der Waals surface area contributed by atoms with E-state index in [9.17, 15) is 0 Å². The molecule has 0 heterocycles. The lowest BCUT2D eigenvalue weighted by atomic mass is 9.71. The fourth-order valence-corrected chi connectivity index (χ4v) is 3.76. The number of nitrogen functional groups attached to an aromatic ring is 1. The third kappa shape index (κ3) is 3.75. The van der Waals surface area contributed by atoms with Gasteiger partial charge in [-0.3, -0.25) is 5.41 Å². The van der Waals surface area contributed by atoms with Crippen molar-refractivity contribution in [2.24, 2.45) is 17.1 Å². The van der Waals surface area contributed by atoms with Gasteiger partial charge in [-0.25, -0.2) is 0 Å². The molecule has 2 unspecified atom stereocenters. The van der Waals surface area contributed by atoms with Crippen molar-refractivity contribution in [1.82, 2.24) is 0 Å². The molecule has 1 aliphatic carbocycles. The van der Waals surface area contributed by atoms with E-state index in [-0.39, 0.29) is 11.9 Å². The molecule has 3 nitrogen and oxygen atoms in total. The second-order valence-corrected chi connectivity index (χ2v) is 7.57. The minimum Gasteiger partial charge on any atom is -0.489 e. The first-order valence-corrected chi connectivity index (χ1v) is 7.87. The topological polar surface area (TPSA) is 59.1 Å². The molecular formula is C16H23BrN2O. The molecule has 3 N–H and O–H groups in total. The molecule has 1 saturated carbocycles. The zero-order valence-corrected chi connectivity index (χ0v) is 14.0. The van der Waals surface area contributed by atoms with Crippen LogP contribution in [0, 0.1) is 16.7 Å². The zero-order chi connectivity index (χ0) is 14.9. The van der Waals surface area contributed by atoms with Gasteiger partial charge >= 0.3 is 0 Å². The van der Waals surface area contributed by atoms with E-state index >= 15 is 0 Å². The van der Waals surface area contributed by atoms with Crippen molar-refractivity contribution in [2.75, 3.05) is 0 Å². The number of benzene rings is 1. The second-order valence-electron chi connectivity index (χ2n) is 6.71. The first kappa shape index (κ1) is 15.4. The van der Waals surface area contributed by atoms with Crippen LogP contribution in [-0.2, 0) is 0 Å². The SMILES string of the molecule is CC1CC(Oc2ccc(C(=N)N)cc2Br)CC(C)(C)C1. The molecule has 0 aromatic heterocycles. The van der Waals surface area contributed by atoms with Crippen LogP contribution in [0.1, 0.15) is 45.6 Å². The Morgan fingerprint density at radius 1 is 1.40 bits per heavy atom. The summed E-state index contributed by atoms with van der Waals surface area (Å²) in [5.74, 6) is 1.61. The highest BCUT2D eigenvalue weighted by Gasteiger charge is 2.33. The lowest BCUT2D eigenvalue weighted by molar-refractivity contribution is 0.0557. The fourth-order valence-electron chi connectivity index (χ4n) is 3.29. The summed E-state index contributed by atoms with van der Waals surface area (Å²) in [6, 6.07) is 5.57. The molecule has 0 aliphatic heterocycles. The second kappa shape index (κ2) is 5.76. The van der Waals surface area contributed by atoms with Gasteiger partial charge in [0.15, 0.2) is 0 Å². The summed E-state index contributed by atoms with van der Waals surface area (Å²) in [5, 5.41) is 7.45. The molecule has 1 aromatic carbocycles. The molecular weight excluding hydrogens is 316 g/mol. The number of amidine groups is 1. The van der Waals surface area contributed by atoms with Gasteiger partial charge in [-0.05, 0) is 64.7 Å². The van der Waals surface area contributed by atoms with Gasteiger partial charge in [-0.15, -0.1) is 0 Å². The predicted octanol–water partition coefficient (Wildman–Crippen LogP) is 4.33. The van der Waals surface area contributed by atoms with Gasteiger partial charge in [0.05, 0.1) is 10.6 Å². The monoisotopic (exact) mass is 338 g/mol. The fraction of sp³-hybridized carbons (Fsp3) is 0.562. The third-order valence-corrected chi connectivity index (χ3v) is 4.50. The lowest BCUT2D eigenvalue weighted by Gasteiger charge is -2.39. The standard InChI is InChI=1S/C16H23BrN2O/c1-10-6-12(9-16(2,3)8-10)20-14-5-4-11(15(18)19)7-13(14)17/h4-5,7,10,12H,6,8-9H2,1-3H3,(H3,18,19). The van der Waals surface area contributed by atoms with Gasteiger partial charge in [0, 0.05) is 5.56 Å². The van der Waals surface area contributed by atoms with E-state index in [1.165, 1.54) is 6.42 Å². The molecule has 20 heavy (non-hydrogen) atoms. The molecule has 2 atom stereocenters. The number of rotatable bonds is 3. The summed E-state index contributed by atoms with van der Waals surface area (Å²) < 4.78 is 7.03. The predicted molar refractivity (Wildman–Crippen MR) is 86.4 cm³/mol. The average molecular weight is 339 g/mol. The largest absolute Gasteiger partial charge is 0.489 e. The highest BCUT2D eigenvalue weighted by molar-refractivity contribution is 9.10. The Labute approximate surface area is 129 Å². The Kier molecular flexibility index (Phi) is 4.43. The average Bonchev–Trinajstić information content (AvgIpc) is 2.28. The Morgan fingerprint density at radius 2 is 2.10 bits per heavy atom.